The maximum absolute atomic E-state index is 6.91. The minimum absolute atomic E-state index is 0.217. The average Bonchev–Trinajstić information content (AvgIpc) is 2.77. The Bertz CT molecular complexity index is 961. The van der Waals surface area contributed by atoms with E-state index >= 15 is 0 Å². The molecule has 1 aliphatic carbocycles. The molecule has 0 saturated heterocycles. The fourth-order valence-corrected chi connectivity index (χ4v) is 8.71. The highest BCUT2D eigenvalue weighted by atomic mass is 28.4. The molecule has 200 valence electrons. The number of ether oxygens (including phenoxy) is 1. The molecule has 0 spiro atoms. The molecule has 0 radical (unpaired) electrons. The number of aryl methyl sites for hydroxylation is 1. The van der Waals surface area contributed by atoms with Crippen molar-refractivity contribution in [1.29, 1.82) is 0 Å². The number of hydrogen-bond acceptors (Lipinski definition) is 3. The molecular weight excluding hydrogens is 477 g/mol. The van der Waals surface area contributed by atoms with Crippen molar-refractivity contribution in [2.75, 3.05) is 6.61 Å². The van der Waals surface area contributed by atoms with Crippen LogP contribution in [-0.4, -0.2) is 28.8 Å². The van der Waals surface area contributed by atoms with Crippen molar-refractivity contribution in [1.82, 2.24) is 0 Å². The molecule has 0 saturated carbocycles. The van der Waals surface area contributed by atoms with Crippen LogP contribution in [0.5, 0.6) is 11.5 Å². The quantitative estimate of drug-likeness (QED) is 0.146. The molecule has 0 N–H and O–H groups in total. The molecule has 36 heavy (non-hydrogen) atoms. The lowest BCUT2D eigenvalue weighted by atomic mass is 9.68. The predicted molar refractivity (Wildman–Crippen MR) is 159 cm³/mol. The summed E-state index contributed by atoms with van der Waals surface area (Å²) < 4.78 is 20.2. The molecule has 1 heterocycles. The summed E-state index contributed by atoms with van der Waals surface area (Å²) in [4.78, 5) is 0. The first kappa shape index (κ1) is 29.0. The zero-order valence-corrected chi connectivity index (χ0v) is 26.0. The predicted octanol–water partition coefficient (Wildman–Crippen LogP) is 9.19. The number of allylic oxidation sites excluding steroid dienone is 3. The molecule has 0 amide bonds. The molecule has 2 aliphatic rings. The van der Waals surface area contributed by atoms with Crippen LogP contribution in [0.4, 0.5) is 0 Å². The van der Waals surface area contributed by atoms with Crippen LogP contribution in [0.2, 0.25) is 38.3 Å². The van der Waals surface area contributed by atoms with Crippen molar-refractivity contribution in [2.24, 2.45) is 5.92 Å². The van der Waals surface area contributed by atoms with E-state index < -0.39 is 16.6 Å². The highest BCUT2D eigenvalue weighted by Crippen LogP contribution is 2.54. The molecule has 3 nitrogen and oxygen atoms in total. The van der Waals surface area contributed by atoms with Crippen LogP contribution in [0.15, 0.2) is 49.1 Å². The molecule has 2 unspecified atom stereocenters. The molecule has 0 aromatic heterocycles. The normalized spacial score (nSPS) is 21.0. The van der Waals surface area contributed by atoms with Crippen LogP contribution in [0.25, 0.3) is 0 Å². The Balaban J connectivity index is 2.03. The lowest BCUT2D eigenvalue weighted by molar-refractivity contribution is 0.0104. The van der Waals surface area contributed by atoms with Gasteiger partial charge in [0.05, 0.1) is 6.61 Å². The largest absolute Gasteiger partial charge is 0.543 e. The van der Waals surface area contributed by atoms with Gasteiger partial charge in [-0.3, -0.25) is 0 Å². The summed E-state index contributed by atoms with van der Waals surface area (Å²) in [6.07, 6.45) is 13.4. The minimum atomic E-state index is -1.95. The van der Waals surface area contributed by atoms with Crippen molar-refractivity contribution in [3.8, 4) is 11.5 Å². The van der Waals surface area contributed by atoms with Gasteiger partial charge < -0.3 is 13.6 Å². The van der Waals surface area contributed by atoms with E-state index in [1.165, 1.54) is 36.0 Å². The summed E-state index contributed by atoms with van der Waals surface area (Å²) in [5.41, 5.74) is 3.79. The van der Waals surface area contributed by atoms with E-state index in [0.717, 1.165) is 49.5 Å². The van der Waals surface area contributed by atoms with Crippen LogP contribution in [0, 0.1) is 5.92 Å². The number of rotatable bonds is 13. The SMILES string of the molecule is C=CC[Si](C)(C)OCC1=CC2c3c(cc(CCCCC)cc3O[Si](C)(C)CC=C)OC(C)(C)C2CC1. The fraction of sp³-hybridized carbons (Fsp3) is 0.613. The van der Waals surface area contributed by atoms with Crippen LogP contribution in [0.1, 0.15) is 69.9 Å². The first-order valence-electron chi connectivity index (χ1n) is 14.0. The Morgan fingerprint density at radius 2 is 1.75 bits per heavy atom. The third-order valence-corrected chi connectivity index (χ3v) is 12.0. The molecular formula is C31H50O3Si2. The molecule has 2 atom stereocenters. The van der Waals surface area contributed by atoms with Gasteiger partial charge in [-0.05, 0) is 101 Å². The number of hydrogen-bond donors (Lipinski definition) is 0. The molecule has 0 fully saturated rings. The first-order chi connectivity index (χ1) is 16.9. The fourth-order valence-electron chi connectivity index (χ4n) is 5.78. The molecule has 1 aliphatic heterocycles. The van der Waals surface area contributed by atoms with Gasteiger partial charge in [0.1, 0.15) is 17.1 Å². The Kier molecular flexibility index (Phi) is 9.56. The molecule has 0 bridgehead atoms. The van der Waals surface area contributed by atoms with E-state index in [4.69, 9.17) is 13.6 Å². The molecule has 1 aromatic rings. The minimum Gasteiger partial charge on any atom is -0.543 e. The van der Waals surface area contributed by atoms with Gasteiger partial charge in [-0.2, -0.15) is 0 Å². The van der Waals surface area contributed by atoms with Crippen molar-refractivity contribution in [3.63, 3.8) is 0 Å². The van der Waals surface area contributed by atoms with Crippen LogP contribution in [0.3, 0.4) is 0 Å². The van der Waals surface area contributed by atoms with E-state index in [0.29, 0.717) is 5.92 Å². The lowest BCUT2D eigenvalue weighted by Gasteiger charge is -2.47. The molecule has 5 heteroatoms. The van der Waals surface area contributed by atoms with Gasteiger partial charge in [-0.15, -0.1) is 13.2 Å². The van der Waals surface area contributed by atoms with Crippen LogP contribution >= 0.6 is 0 Å². The third kappa shape index (κ3) is 7.26. The van der Waals surface area contributed by atoms with Crippen LogP contribution < -0.4 is 9.16 Å². The van der Waals surface area contributed by atoms with E-state index in [-0.39, 0.29) is 11.5 Å². The van der Waals surface area contributed by atoms with Crippen molar-refractivity contribution >= 4 is 16.6 Å². The number of fused-ring (bicyclic) bond motifs is 3. The smallest absolute Gasteiger partial charge is 0.248 e. The van der Waals surface area contributed by atoms with Gasteiger partial charge in [-0.25, -0.2) is 0 Å². The number of unbranched alkanes of at least 4 members (excludes halogenated alkanes) is 2. The molecule has 3 rings (SSSR count). The van der Waals surface area contributed by atoms with Gasteiger partial charge in [0.2, 0.25) is 8.32 Å². The summed E-state index contributed by atoms with van der Waals surface area (Å²) in [5.74, 6) is 2.77. The van der Waals surface area contributed by atoms with Crippen LogP contribution in [-0.2, 0) is 10.8 Å². The Hall–Kier alpha value is -1.57. The first-order valence-corrected chi connectivity index (χ1v) is 20.2. The van der Waals surface area contributed by atoms with Crippen molar-refractivity contribution in [2.45, 2.75) is 109 Å². The van der Waals surface area contributed by atoms with E-state index in [9.17, 15) is 0 Å². The Morgan fingerprint density at radius 3 is 2.42 bits per heavy atom. The topological polar surface area (TPSA) is 27.7 Å². The van der Waals surface area contributed by atoms with E-state index in [2.05, 4.69) is 78.3 Å². The second-order valence-electron chi connectivity index (χ2n) is 12.6. The zero-order valence-electron chi connectivity index (χ0n) is 24.0. The maximum Gasteiger partial charge on any atom is 0.248 e. The van der Waals surface area contributed by atoms with Crippen molar-refractivity contribution < 1.29 is 13.6 Å². The summed E-state index contributed by atoms with van der Waals surface area (Å²) in [7, 11) is -3.66. The summed E-state index contributed by atoms with van der Waals surface area (Å²) in [5, 5.41) is 0. The van der Waals surface area contributed by atoms with Gasteiger partial charge in [0.25, 0.3) is 0 Å². The zero-order chi connectivity index (χ0) is 26.6. The van der Waals surface area contributed by atoms with Gasteiger partial charge in [0, 0.05) is 17.4 Å². The summed E-state index contributed by atoms with van der Waals surface area (Å²) >= 11 is 0. The highest BCUT2D eigenvalue weighted by molar-refractivity contribution is 6.72. The highest BCUT2D eigenvalue weighted by Gasteiger charge is 2.46. The second-order valence-corrected chi connectivity index (χ2v) is 20.9. The Labute approximate surface area is 223 Å². The van der Waals surface area contributed by atoms with E-state index in [1.54, 1.807) is 0 Å². The maximum atomic E-state index is 6.91. The number of benzene rings is 1. The standard InChI is InChI=1S/C31H50O3Si2/c1-10-13-14-15-24-21-28-30(29(22-24)34-36(8,9)19-12-3)26-20-25(23-32-35(6,7)18-11-2)16-17-27(26)31(4,5)33-28/h11-12,20-22,26-27H,2-3,10,13-19,23H2,1,4-9H3. The van der Waals surface area contributed by atoms with E-state index in [1.807, 2.05) is 12.2 Å². The average molecular weight is 527 g/mol. The second kappa shape index (κ2) is 11.9. The third-order valence-electron chi connectivity index (χ3n) is 7.76. The van der Waals surface area contributed by atoms with Crippen molar-refractivity contribution in [3.05, 3.63) is 60.2 Å². The lowest BCUT2D eigenvalue weighted by Crippen LogP contribution is -2.46. The van der Waals surface area contributed by atoms with Gasteiger partial charge in [-0.1, -0.05) is 38.0 Å². The summed E-state index contributed by atoms with van der Waals surface area (Å²) in [6, 6.07) is 6.54. The molecule has 1 aromatic carbocycles. The van der Waals surface area contributed by atoms with Gasteiger partial charge >= 0.3 is 0 Å². The summed E-state index contributed by atoms with van der Waals surface area (Å²) in [6.45, 7) is 24.6. The monoisotopic (exact) mass is 526 g/mol. The van der Waals surface area contributed by atoms with Gasteiger partial charge in [0.15, 0.2) is 8.32 Å². The Morgan fingerprint density at radius 1 is 1.06 bits per heavy atom.